The molecule has 1 saturated heterocycles. The summed E-state index contributed by atoms with van der Waals surface area (Å²) in [6.45, 7) is 4.02. The van der Waals surface area contributed by atoms with Gasteiger partial charge in [0.25, 0.3) is 0 Å². The molecule has 1 aliphatic heterocycles. The Bertz CT molecular complexity index is 833. The molecule has 1 aliphatic rings. The van der Waals surface area contributed by atoms with Gasteiger partial charge in [-0.2, -0.15) is 5.10 Å². The third-order valence-electron chi connectivity index (χ3n) is 5.37. The Kier molecular flexibility index (Phi) is 5.66. The van der Waals surface area contributed by atoms with Gasteiger partial charge in [0, 0.05) is 29.9 Å². The van der Waals surface area contributed by atoms with Gasteiger partial charge in [-0.1, -0.05) is 60.7 Å². The van der Waals surface area contributed by atoms with Crippen molar-refractivity contribution in [2.45, 2.75) is 32.0 Å². The minimum Gasteiger partial charge on any atom is -0.310 e. The van der Waals surface area contributed by atoms with Gasteiger partial charge in [-0.05, 0) is 38.5 Å². The molecule has 0 spiro atoms. The third-order valence-corrected chi connectivity index (χ3v) is 5.37. The van der Waals surface area contributed by atoms with Crippen LogP contribution < -0.4 is 5.32 Å². The van der Waals surface area contributed by atoms with E-state index < -0.39 is 0 Å². The van der Waals surface area contributed by atoms with Crippen molar-refractivity contribution in [3.05, 3.63) is 78.0 Å². The van der Waals surface area contributed by atoms with E-state index in [1.807, 2.05) is 0 Å². The molecule has 0 radical (unpaired) electrons. The fourth-order valence-electron chi connectivity index (χ4n) is 3.75. The molecule has 2 aromatic carbocycles. The molecule has 2 heterocycles. The van der Waals surface area contributed by atoms with Crippen LogP contribution in [0.4, 0.5) is 0 Å². The molecule has 0 atom stereocenters. The Balaban J connectivity index is 1.53. The Morgan fingerprint density at radius 3 is 2.33 bits per heavy atom. The van der Waals surface area contributed by atoms with Gasteiger partial charge in [0.2, 0.25) is 0 Å². The maximum atomic E-state index is 4.92. The smallest absolute Gasteiger partial charge is 0.0968 e. The molecule has 1 fully saturated rings. The molecule has 0 bridgehead atoms. The Morgan fingerprint density at radius 2 is 1.63 bits per heavy atom. The van der Waals surface area contributed by atoms with Crippen LogP contribution in [0.5, 0.6) is 0 Å². The number of likely N-dealkylation sites (tertiary alicyclic amines) is 1. The van der Waals surface area contributed by atoms with E-state index in [0.717, 1.165) is 18.8 Å². The van der Waals surface area contributed by atoms with E-state index in [-0.39, 0.29) is 0 Å². The first-order valence-corrected chi connectivity index (χ1v) is 9.85. The molecule has 1 N–H and O–H groups in total. The first-order chi connectivity index (χ1) is 13.3. The lowest BCUT2D eigenvalue weighted by atomic mass is 10.0. The molecule has 0 aliphatic carbocycles. The maximum absolute atomic E-state index is 4.92. The summed E-state index contributed by atoms with van der Waals surface area (Å²) < 4.78 is 2.07. The van der Waals surface area contributed by atoms with Crippen LogP contribution in [-0.4, -0.2) is 40.9 Å². The fraction of sp³-hybridized carbons (Fsp3) is 0.348. The van der Waals surface area contributed by atoms with E-state index in [4.69, 9.17) is 5.10 Å². The van der Waals surface area contributed by atoms with Gasteiger partial charge >= 0.3 is 0 Å². The minimum atomic E-state index is 0.599. The van der Waals surface area contributed by atoms with Crippen LogP contribution in [0, 0.1) is 0 Å². The number of aromatic nitrogens is 2. The summed E-state index contributed by atoms with van der Waals surface area (Å²) in [6, 6.07) is 21.6. The number of benzene rings is 2. The van der Waals surface area contributed by atoms with Gasteiger partial charge in [-0.3, -0.25) is 4.68 Å². The summed E-state index contributed by atoms with van der Waals surface area (Å²) in [7, 11) is 2.21. The first-order valence-electron chi connectivity index (χ1n) is 9.85. The lowest BCUT2D eigenvalue weighted by Crippen LogP contribution is -2.40. The largest absolute Gasteiger partial charge is 0.310 e. The molecular formula is C23H28N4. The zero-order valence-corrected chi connectivity index (χ0v) is 16.0. The van der Waals surface area contributed by atoms with E-state index in [9.17, 15) is 0 Å². The van der Waals surface area contributed by atoms with Crippen LogP contribution in [0.25, 0.3) is 11.3 Å². The summed E-state index contributed by atoms with van der Waals surface area (Å²) in [5.74, 6) is 0. The highest BCUT2D eigenvalue weighted by molar-refractivity contribution is 5.62. The molecule has 0 unspecified atom stereocenters. The molecule has 4 rings (SSSR count). The highest BCUT2D eigenvalue weighted by atomic mass is 15.3. The number of nitrogens with zero attached hydrogens (tertiary/aromatic N) is 3. The van der Waals surface area contributed by atoms with E-state index in [1.54, 1.807) is 0 Å². The van der Waals surface area contributed by atoms with E-state index in [0.29, 0.717) is 6.04 Å². The highest BCUT2D eigenvalue weighted by Gasteiger charge is 2.18. The molecule has 1 aromatic heterocycles. The summed E-state index contributed by atoms with van der Waals surface area (Å²) in [5.41, 5.74) is 4.82. The number of rotatable bonds is 6. The first kappa shape index (κ1) is 18.0. The summed E-state index contributed by atoms with van der Waals surface area (Å²) >= 11 is 0. The van der Waals surface area contributed by atoms with Gasteiger partial charge in [0.05, 0.1) is 12.2 Å². The van der Waals surface area contributed by atoms with Crippen molar-refractivity contribution in [1.29, 1.82) is 0 Å². The van der Waals surface area contributed by atoms with Crippen molar-refractivity contribution in [3.63, 3.8) is 0 Å². The van der Waals surface area contributed by atoms with E-state index >= 15 is 0 Å². The summed E-state index contributed by atoms with van der Waals surface area (Å²) in [5, 5.41) is 8.69. The highest BCUT2D eigenvalue weighted by Crippen LogP contribution is 2.23. The zero-order valence-electron chi connectivity index (χ0n) is 16.0. The molecule has 3 aromatic rings. The van der Waals surface area contributed by atoms with E-state index in [2.05, 4.69) is 88.8 Å². The average molecular weight is 361 g/mol. The number of piperidine rings is 1. The van der Waals surface area contributed by atoms with Crippen molar-refractivity contribution in [2.24, 2.45) is 0 Å². The van der Waals surface area contributed by atoms with Crippen molar-refractivity contribution in [1.82, 2.24) is 20.0 Å². The van der Waals surface area contributed by atoms with Crippen LogP contribution in [-0.2, 0) is 13.1 Å². The van der Waals surface area contributed by atoms with Gasteiger partial charge < -0.3 is 10.2 Å². The lowest BCUT2D eigenvalue weighted by molar-refractivity contribution is 0.234. The molecule has 0 amide bonds. The van der Waals surface area contributed by atoms with Crippen molar-refractivity contribution < 1.29 is 0 Å². The molecular weight excluding hydrogens is 332 g/mol. The average Bonchev–Trinajstić information content (AvgIpc) is 3.12. The maximum Gasteiger partial charge on any atom is 0.0968 e. The van der Waals surface area contributed by atoms with Crippen LogP contribution >= 0.6 is 0 Å². The number of hydrogen-bond donors (Lipinski definition) is 1. The number of hydrogen-bond acceptors (Lipinski definition) is 3. The number of nitrogens with one attached hydrogen (secondary N) is 1. The lowest BCUT2D eigenvalue weighted by Gasteiger charge is -2.29. The monoisotopic (exact) mass is 360 g/mol. The van der Waals surface area contributed by atoms with Crippen LogP contribution in [0.1, 0.15) is 24.0 Å². The van der Waals surface area contributed by atoms with Gasteiger partial charge in [-0.15, -0.1) is 0 Å². The standard InChI is InChI=1S/C23H28N4/c1-26-14-12-22(13-15-26)24-16-21-18-27(17-19-8-4-2-5-9-19)25-23(21)20-10-6-3-7-11-20/h2-11,18,22,24H,12-17H2,1H3. The summed E-state index contributed by atoms with van der Waals surface area (Å²) in [6.07, 6.45) is 4.64. The normalized spacial score (nSPS) is 15.9. The Morgan fingerprint density at radius 1 is 0.963 bits per heavy atom. The minimum absolute atomic E-state index is 0.599. The van der Waals surface area contributed by atoms with E-state index in [1.165, 1.54) is 42.6 Å². The van der Waals surface area contributed by atoms with Gasteiger partial charge in [0.15, 0.2) is 0 Å². The summed E-state index contributed by atoms with van der Waals surface area (Å²) in [4.78, 5) is 2.41. The second-order valence-electron chi connectivity index (χ2n) is 7.51. The third kappa shape index (κ3) is 4.65. The second kappa shape index (κ2) is 8.51. The molecule has 0 saturated carbocycles. The topological polar surface area (TPSA) is 33.1 Å². The van der Waals surface area contributed by atoms with Crippen LogP contribution in [0.3, 0.4) is 0 Å². The van der Waals surface area contributed by atoms with Gasteiger partial charge in [-0.25, -0.2) is 0 Å². The molecule has 140 valence electrons. The Labute approximate surface area is 161 Å². The fourth-order valence-corrected chi connectivity index (χ4v) is 3.75. The van der Waals surface area contributed by atoms with Crippen molar-refractivity contribution >= 4 is 0 Å². The van der Waals surface area contributed by atoms with Crippen LogP contribution in [0.15, 0.2) is 66.9 Å². The van der Waals surface area contributed by atoms with Crippen molar-refractivity contribution in [3.8, 4) is 11.3 Å². The molecule has 4 heteroatoms. The second-order valence-corrected chi connectivity index (χ2v) is 7.51. The van der Waals surface area contributed by atoms with Crippen molar-refractivity contribution in [2.75, 3.05) is 20.1 Å². The Hall–Kier alpha value is -2.43. The zero-order chi connectivity index (χ0) is 18.5. The van der Waals surface area contributed by atoms with Crippen LogP contribution in [0.2, 0.25) is 0 Å². The predicted molar refractivity (Wildman–Crippen MR) is 111 cm³/mol. The predicted octanol–water partition coefficient (Wildman–Crippen LogP) is 3.78. The quantitative estimate of drug-likeness (QED) is 0.726. The molecule has 4 nitrogen and oxygen atoms in total. The molecule has 27 heavy (non-hydrogen) atoms. The SMILES string of the molecule is CN1CCC(NCc2cn(Cc3ccccc3)nc2-c2ccccc2)CC1. The van der Waals surface area contributed by atoms with Gasteiger partial charge in [0.1, 0.15) is 0 Å².